The predicted octanol–water partition coefficient (Wildman–Crippen LogP) is 3.75. The average molecular weight is 425 g/mol. The summed E-state index contributed by atoms with van der Waals surface area (Å²) in [5, 5.41) is 4.03. The van der Waals surface area contributed by atoms with Gasteiger partial charge >= 0.3 is 6.18 Å². The largest absolute Gasteiger partial charge is 0.417 e. The second-order valence-corrected chi connectivity index (χ2v) is 7.02. The van der Waals surface area contributed by atoms with Gasteiger partial charge in [-0.2, -0.15) is 23.0 Å². The van der Waals surface area contributed by atoms with Crippen molar-refractivity contribution in [1.29, 1.82) is 0 Å². The fraction of sp³-hybridized carbons (Fsp3) is 0.333. The van der Waals surface area contributed by atoms with Crippen molar-refractivity contribution in [1.82, 2.24) is 24.7 Å². The van der Waals surface area contributed by atoms with Crippen LogP contribution in [0.1, 0.15) is 36.7 Å². The first-order chi connectivity index (χ1) is 13.9. The predicted molar refractivity (Wildman–Crippen MR) is 100 cm³/mol. The highest BCUT2D eigenvalue weighted by atomic mass is 35.5. The van der Waals surface area contributed by atoms with Gasteiger partial charge in [0.2, 0.25) is 0 Å². The molecule has 1 aliphatic heterocycles. The Labute approximate surface area is 168 Å². The lowest BCUT2D eigenvalue weighted by molar-refractivity contribution is -0.137. The van der Waals surface area contributed by atoms with E-state index in [2.05, 4.69) is 20.1 Å². The number of hydrogen-bond donors (Lipinski definition) is 1. The molecule has 11 heteroatoms. The van der Waals surface area contributed by atoms with E-state index in [4.69, 9.17) is 11.6 Å². The minimum absolute atomic E-state index is 0.0438. The van der Waals surface area contributed by atoms with Crippen molar-refractivity contribution in [3.05, 3.63) is 63.7 Å². The van der Waals surface area contributed by atoms with Gasteiger partial charge in [-0.3, -0.25) is 4.79 Å². The van der Waals surface area contributed by atoms with Crippen LogP contribution in [0.2, 0.25) is 5.02 Å². The molecule has 1 saturated heterocycles. The molecule has 1 N–H and O–H groups in total. The molecule has 0 amide bonds. The van der Waals surface area contributed by atoms with E-state index in [9.17, 15) is 18.0 Å². The van der Waals surface area contributed by atoms with Crippen LogP contribution in [0.3, 0.4) is 0 Å². The molecule has 3 aromatic heterocycles. The number of rotatable bonds is 3. The highest BCUT2D eigenvalue weighted by Crippen LogP contribution is 2.35. The first-order valence-corrected chi connectivity index (χ1v) is 9.31. The summed E-state index contributed by atoms with van der Waals surface area (Å²) in [7, 11) is 0. The molecule has 0 bridgehead atoms. The lowest BCUT2D eigenvalue weighted by Gasteiger charge is -2.36. The number of aromatic amines is 1. The number of anilines is 1. The molecular formula is C18H16ClF3N6O. The van der Waals surface area contributed by atoms with Crippen molar-refractivity contribution in [2.75, 3.05) is 11.4 Å². The van der Waals surface area contributed by atoms with Crippen LogP contribution in [0, 0.1) is 0 Å². The summed E-state index contributed by atoms with van der Waals surface area (Å²) in [6, 6.07) is 1.85. The fourth-order valence-corrected chi connectivity index (χ4v) is 3.67. The Morgan fingerprint density at radius 2 is 2.00 bits per heavy atom. The summed E-state index contributed by atoms with van der Waals surface area (Å²) in [6.07, 6.45) is 3.75. The van der Waals surface area contributed by atoms with E-state index in [1.165, 1.54) is 6.20 Å². The molecular weight excluding hydrogens is 409 g/mol. The van der Waals surface area contributed by atoms with Gasteiger partial charge in [-0.15, -0.1) is 0 Å². The van der Waals surface area contributed by atoms with Gasteiger partial charge in [0, 0.05) is 25.1 Å². The van der Waals surface area contributed by atoms with E-state index in [0.717, 1.165) is 41.9 Å². The molecule has 152 valence electrons. The number of H-pyrrole nitrogens is 1. The van der Waals surface area contributed by atoms with Gasteiger partial charge in [-0.05, 0) is 31.4 Å². The third kappa shape index (κ3) is 3.71. The molecule has 0 radical (unpaired) electrons. The Bertz CT molecular complexity index is 1050. The minimum Gasteiger partial charge on any atom is -0.359 e. The molecule has 1 atom stereocenters. The standard InChI is InChI=1S/C18H16ClF3N6O/c19-15-13(27-8-2-1-3-12(27)16-23-6-7-24-16)10-26-28(17(15)29)14-5-4-11(9-25-14)18(20,21)22/h4-7,9-10,12H,1-3,8H2,(H,23,24). The molecule has 4 heterocycles. The molecule has 7 nitrogen and oxygen atoms in total. The molecule has 0 spiro atoms. The van der Waals surface area contributed by atoms with Crippen LogP contribution < -0.4 is 10.5 Å². The van der Waals surface area contributed by atoms with E-state index in [-0.39, 0.29) is 16.9 Å². The normalized spacial score (nSPS) is 17.5. The van der Waals surface area contributed by atoms with Gasteiger partial charge in [0.25, 0.3) is 5.56 Å². The quantitative estimate of drug-likeness (QED) is 0.692. The number of nitrogens with one attached hydrogen (secondary N) is 1. The molecule has 29 heavy (non-hydrogen) atoms. The summed E-state index contributed by atoms with van der Waals surface area (Å²) in [5.74, 6) is 0.729. The zero-order valence-corrected chi connectivity index (χ0v) is 15.8. The number of nitrogens with zero attached hydrogens (tertiary/aromatic N) is 5. The highest BCUT2D eigenvalue weighted by molar-refractivity contribution is 6.33. The number of halogens is 4. The number of hydrogen-bond acceptors (Lipinski definition) is 5. The molecule has 1 fully saturated rings. The Morgan fingerprint density at radius 3 is 2.66 bits per heavy atom. The van der Waals surface area contributed by atoms with Crippen molar-refractivity contribution in [2.45, 2.75) is 31.5 Å². The summed E-state index contributed by atoms with van der Waals surface area (Å²) in [6.45, 7) is 0.675. The van der Waals surface area contributed by atoms with Crippen LogP contribution in [0.25, 0.3) is 5.82 Å². The number of imidazole rings is 1. The number of pyridine rings is 1. The molecule has 1 unspecified atom stereocenters. The Morgan fingerprint density at radius 1 is 1.17 bits per heavy atom. The van der Waals surface area contributed by atoms with Gasteiger partial charge in [-0.25, -0.2) is 9.97 Å². The minimum atomic E-state index is -4.51. The molecule has 0 aromatic carbocycles. The maximum absolute atomic E-state index is 12.8. The third-order valence-corrected chi connectivity index (χ3v) is 5.20. The highest BCUT2D eigenvalue weighted by Gasteiger charge is 2.31. The molecule has 0 aliphatic carbocycles. The van der Waals surface area contributed by atoms with Crippen LogP contribution >= 0.6 is 11.6 Å². The number of piperidine rings is 1. The van der Waals surface area contributed by atoms with Gasteiger partial charge < -0.3 is 9.88 Å². The van der Waals surface area contributed by atoms with Crippen molar-refractivity contribution >= 4 is 17.3 Å². The van der Waals surface area contributed by atoms with Gasteiger partial charge in [-0.1, -0.05) is 11.6 Å². The number of alkyl halides is 3. The average Bonchev–Trinajstić information content (AvgIpc) is 3.24. The van der Waals surface area contributed by atoms with E-state index in [0.29, 0.717) is 18.4 Å². The van der Waals surface area contributed by atoms with Gasteiger partial charge in [0.15, 0.2) is 5.82 Å². The van der Waals surface area contributed by atoms with Crippen molar-refractivity contribution in [3.8, 4) is 5.82 Å². The topological polar surface area (TPSA) is 79.7 Å². The summed E-state index contributed by atoms with van der Waals surface area (Å²) >= 11 is 6.36. The first kappa shape index (κ1) is 19.4. The Hall–Kier alpha value is -2.88. The molecule has 3 aromatic rings. The SMILES string of the molecule is O=c1c(Cl)c(N2CCCCC2c2ncc[nH]2)cnn1-c1ccc(C(F)(F)F)cn1. The maximum Gasteiger partial charge on any atom is 0.417 e. The van der Waals surface area contributed by atoms with Crippen LogP contribution in [0.5, 0.6) is 0 Å². The smallest absolute Gasteiger partial charge is 0.359 e. The van der Waals surface area contributed by atoms with Crippen LogP contribution in [-0.2, 0) is 6.18 Å². The van der Waals surface area contributed by atoms with Crippen LogP contribution in [-0.4, -0.2) is 31.3 Å². The Balaban J connectivity index is 1.69. The maximum atomic E-state index is 12.8. The fourth-order valence-electron chi connectivity index (χ4n) is 3.43. The van der Waals surface area contributed by atoms with Crippen LogP contribution in [0.15, 0.2) is 41.7 Å². The van der Waals surface area contributed by atoms with Crippen molar-refractivity contribution < 1.29 is 13.2 Å². The van der Waals surface area contributed by atoms with E-state index < -0.39 is 17.3 Å². The zero-order chi connectivity index (χ0) is 20.6. The van der Waals surface area contributed by atoms with Gasteiger partial charge in [0.05, 0.1) is 23.5 Å². The van der Waals surface area contributed by atoms with E-state index in [1.54, 1.807) is 12.4 Å². The van der Waals surface area contributed by atoms with Crippen LogP contribution in [0.4, 0.5) is 18.9 Å². The van der Waals surface area contributed by atoms with Crippen molar-refractivity contribution in [3.63, 3.8) is 0 Å². The summed E-state index contributed by atoms with van der Waals surface area (Å²) in [5.41, 5.74) is -1.10. The second-order valence-electron chi connectivity index (χ2n) is 6.64. The van der Waals surface area contributed by atoms with E-state index >= 15 is 0 Å². The zero-order valence-electron chi connectivity index (χ0n) is 15.0. The van der Waals surface area contributed by atoms with Crippen molar-refractivity contribution in [2.24, 2.45) is 0 Å². The monoisotopic (exact) mass is 424 g/mol. The lowest BCUT2D eigenvalue weighted by Crippen LogP contribution is -2.36. The molecule has 1 aliphatic rings. The molecule has 4 rings (SSSR count). The molecule has 0 saturated carbocycles. The lowest BCUT2D eigenvalue weighted by atomic mass is 10.0. The second kappa shape index (κ2) is 7.51. The number of aromatic nitrogens is 5. The Kier molecular flexibility index (Phi) is 5.03. The summed E-state index contributed by atoms with van der Waals surface area (Å²) in [4.78, 5) is 25.9. The summed E-state index contributed by atoms with van der Waals surface area (Å²) < 4.78 is 39.0. The third-order valence-electron chi connectivity index (χ3n) is 4.84. The van der Waals surface area contributed by atoms with E-state index in [1.807, 2.05) is 4.90 Å². The first-order valence-electron chi connectivity index (χ1n) is 8.93. The van der Waals surface area contributed by atoms with Gasteiger partial charge in [0.1, 0.15) is 10.8 Å².